The highest BCUT2D eigenvalue weighted by Gasteiger charge is 2.55. The number of Topliss-reactive ketones (excluding diaryl/α,β-unsaturated/α-hetero) is 1. The van der Waals surface area contributed by atoms with Crippen molar-refractivity contribution in [1.29, 1.82) is 0 Å². The molecule has 0 saturated heterocycles. The van der Waals surface area contributed by atoms with Crippen molar-refractivity contribution in [3.8, 4) is 11.4 Å². The van der Waals surface area contributed by atoms with Crippen LogP contribution in [0.2, 0.25) is 0 Å². The first-order valence-electron chi connectivity index (χ1n) is 10.0. The number of pyridine rings is 1. The van der Waals surface area contributed by atoms with Crippen LogP contribution in [0.3, 0.4) is 0 Å². The number of hydrogen-bond donors (Lipinski definition) is 0. The van der Waals surface area contributed by atoms with Crippen molar-refractivity contribution in [3.05, 3.63) is 24.5 Å². The van der Waals surface area contributed by atoms with Gasteiger partial charge in [0.05, 0.1) is 5.25 Å². The van der Waals surface area contributed by atoms with E-state index in [-0.39, 0.29) is 10.7 Å². The fourth-order valence-corrected chi connectivity index (χ4v) is 7.23. The van der Waals surface area contributed by atoms with E-state index in [2.05, 4.69) is 22.1 Å². The minimum atomic E-state index is -0.0746. The lowest BCUT2D eigenvalue weighted by molar-refractivity contribution is -0.142. The molecule has 6 heteroatoms. The van der Waals surface area contributed by atoms with Crippen LogP contribution >= 0.6 is 11.8 Å². The second-order valence-corrected chi connectivity index (χ2v) is 10.2. The Morgan fingerprint density at radius 2 is 1.70 bits per heavy atom. The molecule has 4 aliphatic carbocycles. The highest BCUT2D eigenvalue weighted by Crippen LogP contribution is 2.61. The fourth-order valence-electron chi connectivity index (χ4n) is 6.23. The second-order valence-electron chi connectivity index (χ2n) is 8.92. The molecule has 0 aliphatic heterocycles. The minimum absolute atomic E-state index is 0.0479. The molecule has 1 unspecified atom stereocenters. The molecule has 0 spiro atoms. The predicted octanol–water partition coefficient (Wildman–Crippen LogP) is 4.14. The Hall–Kier alpha value is -1.69. The van der Waals surface area contributed by atoms with Gasteiger partial charge in [0.1, 0.15) is 0 Å². The molecule has 4 aliphatic rings. The first-order valence-corrected chi connectivity index (χ1v) is 10.9. The van der Waals surface area contributed by atoms with E-state index in [9.17, 15) is 4.79 Å². The van der Waals surface area contributed by atoms with Crippen molar-refractivity contribution in [2.24, 2.45) is 30.2 Å². The molecule has 2 aromatic rings. The molecule has 2 heterocycles. The van der Waals surface area contributed by atoms with E-state index in [4.69, 9.17) is 0 Å². The molecule has 1 atom stereocenters. The van der Waals surface area contributed by atoms with Crippen LogP contribution in [0.1, 0.15) is 45.4 Å². The zero-order chi connectivity index (χ0) is 18.6. The topological polar surface area (TPSA) is 60.7 Å². The monoisotopic (exact) mass is 382 g/mol. The largest absolute Gasteiger partial charge is 0.305 e. The number of carbonyl (C=O) groups is 1. The molecule has 5 nitrogen and oxygen atoms in total. The summed E-state index contributed by atoms with van der Waals surface area (Å²) in [6.07, 6.45) is 11.0. The standard InChI is InChI=1S/C21H26N4OS/c1-13(18(26)21-10-14-7-15(11-21)9-16(8-14)12-21)27-20-24-23-19(25(20)2)17-3-5-22-6-4-17/h3-6,13-16H,7-12H2,1-2H3. The zero-order valence-corrected chi connectivity index (χ0v) is 16.8. The van der Waals surface area contributed by atoms with Crippen LogP contribution in [0.25, 0.3) is 11.4 Å². The highest BCUT2D eigenvalue weighted by atomic mass is 32.2. The smallest absolute Gasteiger partial charge is 0.191 e. The molecular formula is C21H26N4OS. The molecule has 4 bridgehead atoms. The lowest BCUT2D eigenvalue weighted by Crippen LogP contribution is -2.51. The number of ketones is 1. The van der Waals surface area contributed by atoms with Crippen LogP contribution in [0.5, 0.6) is 0 Å². The van der Waals surface area contributed by atoms with E-state index < -0.39 is 0 Å². The summed E-state index contributed by atoms with van der Waals surface area (Å²) in [5.74, 6) is 3.66. The summed E-state index contributed by atoms with van der Waals surface area (Å²) in [4.78, 5) is 17.6. The molecule has 0 aromatic carbocycles. The Bertz CT molecular complexity index is 827. The summed E-state index contributed by atoms with van der Waals surface area (Å²) in [5.41, 5.74) is 0.945. The van der Waals surface area contributed by atoms with Crippen LogP contribution in [0, 0.1) is 23.2 Å². The maximum Gasteiger partial charge on any atom is 0.191 e. The van der Waals surface area contributed by atoms with Crippen LogP contribution in [-0.4, -0.2) is 30.8 Å². The first kappa shape index (κ1) is 17.4. The summed E-state index contributed by atoms with van der Waals surface area (Å²) < 4.78 is 1.99. The summed E-state index contributed by atoms with van der Waals surface area (Å²) in [5, 5.41) is 9.45. The molecule has 0 N–H and O–H groups in total. The SMILES string of the molecule is CC(Sc1nnc(-c2ccncc2)n1C)C(=O)C12CC3CC(CC(C3)C1)C2. The van der Waals surface area contributed by atoms with E-state index in [1.807, 2.05) is 23.7 Å². The molecule has 4 fully saturated rings. The van der Waals surface area contributed by atoms with Gasteiger partial charge >= 0.3 is 0 Å². The van der Waals surface area contributed by atoms with E-state index in [1.165, 1.54) is 19.3 Å². The Labute approximate surface area is 164 Å². The van der Waals surface area contributed by atoms with Crippen molar-refractivity contribution in [3.63, 3.8) is 0 Å². The summed E-state index contributed by atoms with van der Waals surface area (Å²) in [6, 6.07) is 3.87. The van der Waals surface area contributed by atoms with Crippen molar-refractivity contribution in [2.45, 2.75) is 55.9 Å². The maximum absolute atomic E-state index is 13.5. The van der Waals surface area contributed by atoms with Gasteiger partial charge in [-0.2, -0.15) is 0 Å². The normalized spacial score (nSPS) is 32.6. The summed E-state index contributed by atoms with van der Waals surface area (Å²) >= 11 is 1.57. The van der Waals surface area contributed by atoms with Gasteiger partial charge < -0.3 is 4.57 Å². The molecule has 4 saturated carbocycles. The lowest BCUT2D eigenvalue weighted by Gasteiger charge is -2.56. The summed E-state index contributed by atoms with van der Waals surface area (Å²) in [7, 11) is 1.97. The average Bonchev–Trinajstić information content (AvgIpc) is 3.01. The Morgan fingerprint density at radius 3 is 2.30 bits per heavy atom. The third kappa shape index (κ3) is 2.93. The average molecular weight is 383 g/mol. The lowest BCUT2D eigenvalue weighted by atomic mass is 9.48. The Kier molecular flexibility index (Phi) is 4.15. The number of rotatable bonds is 5. The van der Waals surface area contributed by atoms with E-state index in [0.717, 1.165) is 53.6 Å². The molecule has 0 radical (unpaired) electrons. The number of nitrogens with zero attached hydrogens (tertiary/aromatic N) is 4. The second kappa shape index (κ2) is 6.43. The van der Waals surface area contributed by atoms with Gasteiger partial charge in [-0.1, -0.05) is 11.8 Å². The molecule has 142 valence electrons. The highest BCUT2D eigenvalue weighted by molar-refractivity contribution is 8.00. The maximum atomic E-state index is 13.5. The Morgan fingerprint density at radius 1 is 1.11 bits per heavy atom. The third-order valence-corrected chi connectivity index (χ3v) is 8.12. The van der Waals surface area contributed by atoms with E-state index in [1.54, 1.807) is 24.2 Å². The number of aromatic nitrogens is 4. The number of thioether (sulfide) groups is 1. The quantitative estimate of drug-likeness (QED) is 0.727. The van der Waals surface area contributed by atoms with Gasteiger partial charge in [0.2, 0.25) is 0 Å². The molecule has 6 rings (SSSR count). The van der Waals surface area contributed by atoms with Crippen molar-refractivity contribution in [2.75, 3.05) is 0 Å². The fraction of sp³-hybridized carbons (Fsp3) is 0.619. The van der Waals surface area contributed by atoms with Gasteiger partial charge in [-0.3, -0.25) is 9.78 Å². The molecule has 0 amide bonds. The van der Waals surface area contributed by atoms with Gasteiger partial charge in [0.15, 0.2) is 16.8 Å². The predicted molar refractivity (Wildman–Crippen MR) is 105 cm³/mol. The number of carbonyl (C=O) groups excluding carboxylic acids is 1. The van der Waals surface area contributed by atoms with Crippen molar-refractivity contribution < 1.29 is 4.79 Å². The van der Waals surface area contributed by atoms with Crippen LogP contribution in [0.4, 0.5) is 0 Å². The van der Waals surface area contributed by atoms with Crippen LogP contribution in [0.15, 0.2) is 29.7 Å². The third-order valence-electron chi connectivity index (χ3n) is 6.99. The number of hydrogen-bond acceptors (Lipinski definition) is 5. The zero-order valence-electron chi connectivity index (χ0n) is 16.0. The van der Waals surface area contributed by atoms with Gasteiger partial charge in [-0.25, -0.2) is 0 Å². The van der Waals surface area contributed by atoms with E-state index in [0.29, 0.717) is 5.78 Å². The first-order chi connectivity index (χ1) is 13.0. The molecular weight excluding hydrogens is 356 g/mol. The van der Waals surface area contributed by atoms with Crippen molar-refractivity contribution in [1.82, 2.24) is 19.7 Å². The van der Waals surface area contributed by atoms with Crippen molar-refractivity contribution >= 4 is 17.5 Å². The molecule has 27 heavy (non-hydrogen) atoms. The van der Waals surface area contributed by atoms with Gasteiger partial charge in [0.25, 0.3) is 0 Å². The van der Waals surface area contributed by atoms with Gasteiger partial charge in [0, 0.05) is 30.4 Å². The van der Waals surface area contributed by atoms with Gasteiger partial charge in [-0.05, 0) is 75.3 Å². The summed E-state index contributed by atoms with van der Waals surface area (Å²) in [6.45, 7) is 2.06. The van der Waals surface area contributed by atoms with Crippen LogP contribution < -0.4 is 0 Å². The van der Waals surface area contributed by atoms with Gasteiger partial charge in [-0.15, -0.1) is 10.2 Å². The molecule has 2 aromatic heterocycles. The minimum Gasteiger partial charge on any atom is -0.305 e. The van der Waals surface area contributed by atoms with E-state index >= 15 is 0 Å². The Balaban J connectivity index is 1.35. The van der Waals surface area contributed by atoms with Crippen LogP contribution in [-0.2, 0) is 11.8 Å².